The lowest BCUT2D eigenvalue weighted by molar-refractivity contribution is 0.602. The minimum atomic E-state index is -3.15. The highest BCUT2D eigenvalue weighted by molar-refractivity contribution is 14.0. The molecule has 3 rings (SSSR count). The molecule has 168 valence electrons. The number of halogens is 1. The second-order valence-corrected chi connectivity index (χ2v) is 9.33. The fourth-order valence-electron chi connectivity index (χ4n) is 3.37. The zero-order valence-electron chi connectivity index (χ0n) is 18.0. The molecule has 0 radical (unpaired) electrons. The largest absolute Gasteiger partial charge is 0.361 e. The number of aliphatic imine (C=N–C) groups is 1. The zero-order chi connectivity index (χ0) is 21.4. The Bertz CT molecular complexity index is 1090. The predicted octanol–water partition coefficient (Wildman–Crippen LogP) is 3.92. The maximum atomic E-state index is 11.5. The van der Waals surface area contributed by atoms with E-state index in [1.165, 1.54) is 22.7 Å². The van der Waals surface area contributed by atoms with E-state index >= 15 is 0 Å². The Morgan fingerprint density at radius 2 is 1.77 bits per heavy atom. The first-order valence-corrected chi connectivity index (χ1v) is 12.2. The summed E-state index contributed by atoms with van der Waals surface area (Å²) in [5.74, 6) is 0.809. The van der Waals surface area contributed by atoms with Crippen LogP contribution in [0.2, 0.25) is 0 Å². The lowest BCUT2D eigenvalue weighted by Crippen LogP contribution is -2.38. The Morgan fingerprint density at radius 3 is 2.48 bits per heavy atom. The van der Waals surface area contributed by atoms with Gasteiger partial charge in [0.05, 0.1) is 4.90 Å². The van der Waals surface area contributed by atoms with Crippen LogP contribution < -0.4 is 10.6 Å². The molecule has 1 heterocycles. The zero-order valence-corrected chi connectivity index (χ0v) is 21.2. The van der Waals surface area contributed by atoms with E-state index in [4.69, 9.17) is 0 Å². The molecule has 0 bridgehead atoms. The van der Waals surface area contributed by atoms with Crippen LogP contribution in [-0.4, -0.2) is 45.3 Å². The summed E-state index contributed by atoms with van der Waals surface area (Å²) in [7, 11) is -3.15. The first kappa shape index (κ1) is 25.2. The second-order valence-electron chi connectivity index (χ2n) is 7.32. The summed E-state index contributed by atoms with van der Waals surface area (Å²) >= 11 is 0. The fraction of sp³-hybridized carbons (Fsp3) is 0.348. The van der Waals surface area contributed by atoms with E-state index in [0.717, 1.165) is 50.4 Å². The SMILES string of the molecule is CCNC(=NCCCc1c[nH]c2ccccc12)NCCc1ccc(S(C)(=O)=O)cc1.I. The fourth-order valence-corrected chi connectivity index (χ4v) is 4.00. The number of nitrogens with one attached hydrogen (secondary N) is 3. The van der Waals surface area contributed by atoms with Crippen molar-refractivity contribution in [3.05, 3.63) is 65.9 Å². The van der Waals surface area contributed by atoms with E-state index in [2.05, 4.69) is 45.0 Å². The number of sulfone groups is 1. The number of nitrogens with zero attached hydrogens (tertiary/aromatic N) is 1. The molecular weight excluding hydrogens is 523 g/mol. The molecular formula is C23H31IN4O2S. The van der Waals surface area contributed by atoms with Crippen molar-refractivity contribution in [2.75, 3.05) is 25.9 Å². The Morgan fingerprint density at radius 1 is 1.03 bits per heavy atom. The standard InChI is InChI=1S/C23H30N4O2S.HI/c1-3-24-23(26-16-14-18-10-12-20(13-11-18)30(2,28)29)25-15-6-7-19-17-27-22-9-5-4-8-21(19)22;/h4-5,8-13,17,27H,3,6-7,14-16H2,1-2H3,(H2,24,25,26);1H. The molecule has 6 nitrogen and oxygen atoms in total. The summed E-state index contributed by atoms with van der Waals surface area (Å²) in [6.45, 7) is 4.33. The van der Waals surface area contributed by atoms with Crippen molar-refractivity contribution >= 4 is 50.7 Å². The van der Waals surface area contributed by atoms with E-state index in [-0.39, 0.29) is 24.0 Å². The van der Waals surface area contributed by atoms with Gasteiger partial charge in [-0.3, -0.25) is 4.99 Å². The van der Waals surface area contributed by atoms with Gasteiger partial charge in [0.25, 0.3) is 0 Å². The van der Waals surface area contributed by atoms with E-state index in [1.807, 2.05) is 25.1 Å². The number of aryl methyl sites for hydroxylation is 1. The van der Waals surface area contributed by atoms with Crippen molar-refractivity contribution in [3.8, 4) is 0 Å². The van der Waals surface area contributed by atoms with Crippen molar-refractivity contribution in [1.29, 1.82) is 0 Å². The Labute approximate surface area is 201 Å². The van der Waals surface area contributed by atoms with Gasteiger partial charge in [0, 0.05) is 43.0 Å². The molecule has 31 heavy (non-hydrogen) atoms. The first-order valence-electron chi connectivity index (χ1n) is 10.3. The monoisotopic (exact) mass is 554 g/mol. The van der Waals surface area contributed by atoms with Crippen LogP contribution in [0.15, 0.2) is 64.6 Å². The highest BCUT2D eigenvalue weighted by Crippen LogP contribution is 2.18. The van der Waals surface area contributed by atoms with Gasteiger partial charge in [-0.05, 0) is 55.5 Å². The predicted molar refractivity (Wildman–Crippen MR) is 139 cm³/mol. The summed E-state index contributed by atoms with van der Waals surface area (Å²) in [6.07, 6.45) is 6.07. The van der Waals surface area contributed by atoms with Gasteiger partial charge >= 0.3 is 0 Å². The van der Waals surface area contributed by atoms with Crippen molar-refractivity contribution in [3.63, 3.8) is 0 Å². The van der Waals surface area contributed by atoms with Crippen LogP contribution in [0.5, 0.6) is 0 Å². The first-order chi connectivity index (χ1) is 14.5. The molecule has 0 unspecified atom stereocenters. The minimum Gasteiger partial charge on any atom is -0.361 e. The molecule has 0 aliphatic rings. The van der Waals surface area contributed by atoms with Gasteiger partial charge in [-0.25, -0.2) is 8.42 Å². The number of aromatic nitrogens is 1. The van der Waals surface area contributed by atoms with Crippen molar-refractivity contribution in [2.45, 2.75) is 31.1 Å². The van der Waals surface area contributed by atoms with Gasteiger partial charge in [0.2, 0.25) is 0 Å². The van der Waals surface area contributed by atoms with Crippen molar-refractivity contribution < 1.29 is 8.42 Å². The van der Waals surface area contributed by atoms with Crippen LogP contribution in [-0.2, 0) is 22.7 Å². The van der Waals surface area contributed by atoms with Crippen LogP contribution in [0.25, 0.3) is 10.9 Å². The van der Waals surface area contributed by atoms with Gasteiger partial charge in [-0.2, -0.15) is 0 Å². The summed E-state index contributed by atoms with van der Waals surface area (Å²) < 4.78 is 23.1. The van der Waals surface area contributed by atoms with Crippen LogP contribution in [0.3, 0.4) is 0 Å². The maximum absolute atomic E-state index is 11.5. The molecule has 3 aromatic rings. The lowest BCUT2D eigenvalue weighted by Gasteiger charge is -2.11. The topological polar surface area (TPSA) is 86.3 Å². The molecule has 0 spiro atoms. The van der Waals surface area contributed by atoms with Gasteiger partial charge in [0.15, 0.2) is 15.8 Å². The van der Waals surface area contributed by atoms with Gasteiger partial charge in [-0.1, -0.05) is 30.3 Å². The smallest absolute Gasteiger partial charge is 0.191 e. The molecule has 3 N–H and O–H groups in total. The van der Waals surface area contributed by atoms with Crippen LogP contribution in [0.4, 0.5) is 0 Å². The van der Waals surface area contributed by atoms with Crippen LogP contribution in [0.1, 0.15) is 24.5 Å². The normalized spacial score (nSPS) is 11.9. The van der Waals surface area contributed by atoms with Gasteiger partial charge in [-0.15, -0.1) is 24.0 Å². The van der Waals surface area contributed by atoms with Gasteiger partial charge < -0.3 is 15.6 Å². The number of H-pyrrole nitrogens is 1. The Hall–Kier alpha value is -2.07. The van der Waals surface area contributed by atoms with E-state index in [0.29, 0.717) is 4.90 Å². The average Bonchev–Trinajstić information content (AvgIpc) is 3.14. The number of hydrogen-bond acceptors (Lipinski definition) is 3. The molecule has 0 aliphatic heterocycles. The summed E-state index contributed by atoms with van der Waals surface area (Å²) in [4.78, 5) is 8.35. The molecule has 0 saturated heterocycles. The third-order valence-corrected chi connectivity index (χ3v) is 6.08. The number of benzene rings is 2. The van der Waals surface area contributed by atoms with Crippen LogP contribution >= 0.6 is 24.0 Å². The van der Waals surface area contributed by atoms with Gasteiger partial charge in [0.1, 0.15) is 0 Å². The number of fused-ring (bicyclic) bond motifs is 1. The molecule has 0 aliphatic carbocycles. The Balaban J connectivity index is 0.00000341. The number of guanidine groups is 1. The van der Waals surface area contributed by atoms with Crippen LogP contribution in [0, 0.1) is 0 Å². The quantitative estimate of drug-likeness (QED) is 0.162. The summed E-state index contributed by atoms with van der Waals surface area (Å²) in [6, 6.07) is 15.4. The molecule has 0 atom stereocenters. The highest BCUT2D eigenvalue weighted by atomic mass is 127. The number of rotatable bonds is 9. The van der Waals surface area contributed by atoms with E-state index in [1.54, 1.807) is 12.1 Å². The highest BCUT2D eigenvalue weighted by Gasteiger charge is 2.06. The molecule has 2 aromatic carbocycles. The average molecular weight is 554 g/mol. The second kappa shape index (κ2) is 12.1. The lowest BCUT2D eigenvalue weighted by atomic mass is 10.1. The Kier molecular flexibility index (Phi) is 9.83. The third-order valence-electron chi connectivity index (χ3n) is 4.95. The van der Waals surface area contributed by atoms with E-state index in [9.17, 15) is 8.42 Å². The minimum absolute atomic E-state index is 0. The van der Waals surface area contributed by atoms with E-state index < -0.39 is 9.84 Å². The molecule has 0 amide bonds. The molecule has 8 heteroatoms. The van der Waals surface area contributed by atoms with Crippen molar-refractivity contribution in [2.24, 2.45) is 4.99 Å². The van der Waals surface area contributed by atoms with Crippen molar-refractivity contribution in [1.82, 2.24) is 15.6 Å². The summed E-state index contributed by atoms with van der Waals surface area (Å²) in [5, 5.41) is 7.91. The number of para-hydroxylation sites is 1. The molecule has 0 fully saturated rings. The number of hydrogen-bond donors (Lipinski definition) is 3. The summed E-state index contributed by atoms with van der Waals surface area (Å²) in [5.41, 5.74) is 3.59. The molecule has 0 saturated carbocycles. The molecule has 1 aromatic heterocycles. The third kappa shape index (κ3) is 7.53. The maximum Gasteiger partial charge on any atom is 0.191 e. The number of aromatic amines is 1.